The van der Waals surface area contributed by atoms with Crippen molar-refractivity contribution in [1.82, 2.24) is 0 Å². The second-order valence-electron chi connectivity index (χ2n) is 11.6. The fourth-order valence-corrected chi connectivity index (χ4v) is 8.99. The van der Waals surface area contributed by atoms with E-state index in [1.807, 2.05) is 0 Å². The predicted octanol–water partition coefficient (Wildman–Crippen LogP) is -1.17. The van der Waals surface area contributed by atoms with Crippen LogP contribution in [0, 0.1) is 17.3 Å². The van der Waals surface area contributed by atoms with E-state index in [1.54, 1.807) is 5.56 Å². The van der Waals surface area contributed by atoms with E-state index in [0.717, 1.165) is 40.0 Å². The molecule has 20 heteroatoms. The summed E-state index contributed by atoms with van der Waals surface area (Å²) in [5.74, 6) is 3.53. The summed E-state index contributed by atoms with van der Waals surface area (Å²) >= 11 is 8.56. The molecule has 1 aromatic rings. The van der Waals surface area contributed by atoms with Gasteiger partial charge in [-0.05, 0) is 84.5 Å². The topological polar surface area (TPSA) is 17.1 Å². The average Bonchev–Trinajstić information content (AvgIpc) is 3.26. The fourth-order valence-electron chi connectivity index (χ4n) is 8.17. The summed E-state index contributed by atoms with van der Waals surface area (Å²) in [4.78, 5) is 11.2. The molecule has 5 rings (SSSR count). The monoisotopic (exact) mass is 535 g/mol. The molecule has 0 amide bonds. The number of benzene rings is 1. The molecule has 1 spiro atoms. The van der Waals surface area contributed by atoms with Gasteiger partial charge in [0, 0.05) is 10.0 Å². The van der Waals surface area contributed by atoms with Crippen molar-refractivity contribution in [2.24, 2.45) is 17.3 Å². The minimum atomic E-state index is -0.763. The van der Waals surface area contributed by atoms with E-state index in [9.17, 15) is 4.79 Å². The van der Waals surface area contributed by atoms with E-state index in [1.165, 1.54) is 50.8 Å². The molecule has 0 N–H and O–H groups in total. The van der Waals surface area contributed by atoms with Crippen molar-refractivity contribution in [1.29, 1.82) is 0 Å². The third-order valence-corrected chi connectivity index (χ3v) is 10.8. The zero-order valence-electron chi connectivity index (χ0n) is 21.1. The summed E-state index contributed by atoms with van der Waals surface area (Å²) < 4.78 is 0.993. The van der Waals surface area contributed by atoms with Crippen LogP contribution in [-0.2, 0) is 0 Å². The molecule has 0 saturated heterocycles. The molecular weight excluding hydrogens is 516 g/mol. The molecule has 0 aromatic heterocycles. The van der Waals surface area contributed by atoms with Gasteiger partial charge in [-0.15, -0.1) is 0 Å². The first-order valence-electron chi connectivity index (χ1n) is 13.1. The van der Waals surface area contributed by atoms with E-state index in [2.05, 4.69) is 28.1 Å². The van der Waals surface area contributed by atoms with Gasteiger partial charge >= 0.3 is 132 Å². The van der Waals surface area contributed by atoms with Crippen molar-refractivity contribution < 1.29 is 4.79 Å². The van der Waals surface area contributed by atoms with Crippen molar-refractivity contribution in [3.8, 4) is 0 Å². The van der Waals surface area contributed by atoms with Crippen LogP contribution >= 0.6 is 28.0 Å². The molecule has 37 heavy (non-hydrogen) atoms. The minimum absolute atomic E-state index is 0.408. The summed E-state index contributed by atoms with van der Waals surface area (Å²) in [7, 11) is 46.7. The Bertz CT molecular complexity index is 1010. The van der Waals surface area contributed by atoms with Gasteiger partial charge in [0.25, 0.3) is 0 Å². The quantitative estimate of drug-likeness (QED) is 0.294. The first-order chi connectivity index (χ1) is 17.5. The van der Waals surface area contributed by atoms with Crippen molar-refractivity contribution in [3.05, 3.63) is 33.3 Å². The van der Waals surface area contributed by atoms with Crippen molar-refractivity contribution in [3.63, 3.8) is 0 Å². The summed E-state index contributed by atoms with van der Waals surface area (Å²) in [6.45, 7) is 0. The Kier molecular flexibility index (Phi) is 10.2. The molecule has 5 unspecified atom stereocenters. The molecule has 17 radical (unpaired) electrons. The Morgan fingerprint density at radius 1 is 0.892 bits per heavy atom. The van der Waals surface area contributed by atoms with Gasteiger partial charge in [0.1, 0.15) is 0 Å². The Morgan fingerprint density at radius 3 is 1.84 bits per heavy atom. The molecule has 0 aliphatic heterocycles. The van der Waals surface area contributed by atoms with Gasteiger partial charge in [-0.1, -0.05) is 15.9 Å². The second-order valence-corrected chi connectivity index (χ2v) is 12.8. The number of hydrogen-bond donors (Lipinski definition) is 0. The Morgan fingerprint density at radius 2 is 1.41 bits per heavy atom. The normalized spacial score (nSPS) is 27.1. The van der Waals surface area contributed by atoms with E-state index < -0.39 is 44.7 Å². The van der Waals surface area contributed by atoms with Crippen LogP contribution in [0.4, 0.5) is 0 Å². The molecule has 3 fully saturated rings. The molecule has 1 aromatic carbocycles. The van der Waals surface area contributed by atoms with Gasteiger partial charge in [-0.2, -0.15) is 0 Å². The standard InChI is InChI=1S/C17H17BrO.B17S/c18-16-5-15-10-2-13-4-12-1-9(6-17(12,13)7-10)14(15)3-11(16)8-19;1-9-14(8)17(13(6)7)15(10-18)16(11(2)3)12(4)5/h3,5,8-10,12-13H,1-2,4,6-7H2;. The summed E-state index contributed by atoms with van der Waals surface area (Å²) in [6.07, 6.45) is 3.94. The number of halogens is 1. The van der Waals surface area contributed by atoms with Gasteiger partial charge < -0.3 is 0 Å². The summed E-state index contributed by atoms with van der Waals surface area (Å²) in [6, 6.07) is 5.90. The van der Waals surface area contributed by atoms with Gasteiger partial charge in [0.2, 0.25) is 0 Å². The number of aldehydes is 1. The molecular formula is C17H17B17BrOS. The molecule has 3 bridgehead atoms. The fraction of sp³-hybridized carbons (Fsp3) is 0.588. The maximum atomic E-state index is 11.2. The van der Waals surface area contributed by atoms with E-state index >= 15 is 0 Å². The molecule has 4 aliphatic rings. The van der Waals surface area contributed by atoms with Crippen LogP contribution in [0.2, 0.25) is 0 Å². The molecule has 5 atom stereocenters. The van der Waals surface area contributed by atoms with Crippen LogP contribution in [0.15, 0.2) is 16.6 Å². The predicted molar refractivity (Wildman–Crippen MR) is 183 cm³/mol. The van der Waals surface area contributed by atoms with Crippen LogP contribution in [0.3, 0.4) is 0 Å². The molecule has 0 heterocycles. The maximum absolute atomic E-state index is 11.2. The van der Waals surface area contributed by atoms with Crippen LogP contribution < -0.4 is 0 Å². The van der Waals surface area contributed by atoms with E-state index in [-0.39, 0.29) is 0 Å². The second kappa shape index (κ2) is 12.3. The molecule has 155 valence electrons. The van der Waals surface area contributed by atoms with Gasteiger partial charge in [-0.3, -0.25) is 4.79 Å². The average molecular weight is 533 g/mol. The van der Waals surface area contributed by atoms with E-state index in [4.69, 9.17) is 74.0 Å². The molecule has 3 saturated carbocycles. The van der Waals surface area contributed by atoms with E-state index in [0.29, 0.717) is 5.41 Å². The number of carbonyl (C=O) groups is 1. The van der Waals surface area contributed by atoms with Gasteiger partial charge in [0.05, 0.1) is 0 Å². The number of rotatable bonds is 9. The third kappa shape index (κ3) is 5.61. The Balaban J connectivity index is 0.000000174. The van der Waals surface area contributed by atoms with Gasteiger partial charge in [0.15, 0.2) is 6.29 Å². The number of fused-ring (bicyclic) bond motifs is 5. The number of hydrogen-bond acceptors (Lipinski definition) is 2. The molecule has 1 nitrogen and oxygen atoms in total. The van der Waals surface area contributed by atoms with Crippen molar-refractivity contribution in [2.45, 2.75) is 43.9 Å². The zero-order chi connectivity index (χ0) is 27.2. The first kappa shape index (κ1) is 30.6. The van der Waals surface area contributed by atoms with Gasteiger partial charge in [-0.25, -0.2) is 0 Å². The first-order valence-corrected chi connectivity index (χ1v) is 14.3. The van der Waals surface area contributed by atoms with Crippen LogP contribution in [0.5, 0.6) is 0 Å². The zero-order valence-corrected chi connectivity index (χ0v) is 23.5. The Hall–Kier alpha value is 0.694. The summed E-state index contributed by atoms with van der Waals surface area (Å²) in [5.41, 5.74) is 4.62. The van der Waals surface area contributed by atoms with Crippen molar-refractivity contribution >= 4 is 154 Å². The molecule has 4 aliphatic carbocycles. The van der Waals surface area contributed by atoms with Crippen LogP contribution in [0.25, 0.3) is 0 Å². The van der Waals surface area contributed by atoms with Crippen LogP contribution in [-0.4, -0.2) is 126 Å². The van der Waals surface area contributed by atoms with Crippen molar-refractivity contribution in [2.75, 3.05) is 0 Å². The Labute approximate surface area is 251 Å². The summed E-state index contributed by atoms with van der Waals surface area (Å²) in [5, 5.41) is 0. The SMILES string of the molecule is O=Cc1cc2c(cc1Br)C1CC3CC4CC2CC34C1.[B][B]B([B])B(B([B])[B])B(B=S)B(B([B])[B])B([B])[B]. The number of carbonyl (C=O) groups excluding carboxylic acids is 1. The van der Waals surface area contributed by atoms with Crippen LogP contribution in [0.1, 0.15) is 65.4 Å². The third-order valence-electron chi connectivity index (χ3n) is 9.84.